The zero-order valence-corrected chi connectivity index (χ0v) is 12.2. The fraction of sp³-hybridized carbons (Fsp3) is 0.923. The molecule has 0 bridgehead atoms. The minimum atomic E-state index is -0.690. The van der Waals surface area contributed by atoms with Crippen molar-refractivity contribution in [1.29, 1.82) is 0 Å². The number of rotatable bonds is 5. The fourth-order valence-electron chi connectivity index (χ4n) is 2.69. The molecule has 1 rings (SSSR count). The van der Waals surface area contributed by atoms with Gasteiger partial charge >= 0.3 is 0 Å². The fourth-order valence-corrected chi connectivity index (χ4v) is 2.69. The quantitative estimate of drug-likeness (QED) is 0.745. The summed E-state index contributed by atoms with van der Waals surface area (Å²) in [6.07, 6.45) is 0.398. The van der Waals surface area contributed by atoms with Crippen molar-refractivity contribution in [3.63, 3.8) is 0 Å². The molecule has 0 aromatic heterocycles. The van der Waals surface area contributed by atoms with Crippen molar-refractivity contribution in [3.05, 3.63) is 0 Å². The molecule has 3 N–H and O–H groups in total. The Morgan fingerprint density at radius 3 is 2.33 bits per heavy atom. The number of primary amides is 1. The zero-order chi connectivity index (χ0) is 13.9. The van der Waals surface area contributed by atoms with Gasteiger partial charge in [-0.2, -0.15) is 0 Å². The average Bonchev–Trinajstić information content (AvgIpc) is 2.13. The predicted octanol–water partition coefficient (Wildman–Crippen LogP) is 0.338. The molecule has 1 aliphatic rings. The lowest BCUT2D eigenvalue weighted by Crippen LogP contribution is -2.63. The first-order chi connectivity index (χ1) is 8.23. The molecule has 5 heteroatoms. The highest BCUT2D eigenvalue weighted by Gasteiger charge is 2.35. The number of nitrogens with one attached hydrogen (secondary N) is 1. The lowest BCUT2D eigenvalue weighted by atomic mass is 9.98. The number of carbonyl (C=O) groups is 1. The summed E-state index contributed by atoms with van der Waals surface area (Å²) < 4.78 is 5.69. The number of nitrogens with zero attached hydrogens (tertiary/aromatic N) is 1. The van der Waals surface area contributed by atoms with Gasteiger partial charge in [0.15, 0.2) is 0 Å². The van der Waals surface area contributed by atoms with E-state index in [2.05, 4.69) is 24.1 Å². The Morgan fingerprint density at radius 1 is 1.44 bits per heavy atom. The molecule has 3 unspecified atom stereocenters. The van der Waals surface area contributed by atoms with Crippen molar-refractivity contribution < 1.29 is 9.53 Å². The first-order valence-corrected chi connectivity index (χ1v) is 6.68. The number of hydrogen-bond acceptors (Lipinski definition) is 4. The van der Waals surface area contributed by atoms with Gasteiger partial charge in [-0.3, -0.25) is 9.69 Å². The van der Waals surface area contributed by atoms with E-state index in [9.17, 15) is 4.79 Å². The minimum absolute atomic E-state index is 0.199. The second kappa shape index (κ2) is 5.99. The minimum Gasteiger partial charge on any atom is -0.373 e. The molecule has 0 aromatic rings. The SMILES string of the molecule is CC(C)NC(C)(CN1CC(C)OC(C)C1)C(N)=O. The van der Waals surface area contributed by atoms with E-state index in [1.807, 2.05) is 20.8 Å². The van der Waals surface area contributed by atoms with E-state index in [0.717, 1.165) is 13.1 Å². The van der Waals surface area contributed by atoms with Crippen LogP contribution in [0, 0.1) is 0 Å². The van der Waals surface area contributed by atoms with Gasteiger partial charge in [0, 0.05) is 25.7 Å². The first kappa shape index (κ1) is 15.4. The van der Waals surface area contributed by atoms with Crippen molar-refractivity contribution in [2.45, 2.75) is 58.4 Å². The molecule has 0 saturated carbocycles. The van der Waals surface area contributed by atoms with Gasteiger partial charge in [-0.25, -0.2) is 0 Å². The molecule has 1 saturated heterocycles. The van der Waals surface area contributed by atoms with Gasteiger partial charge in [0.05, 0.1) is 12.2 Å². The van der Waals surface area contributed by atoms with E-state index in [4.69, 9.17) is 10.5 Å². The molecule has 0 aliphatic carbocycles. The predicted molar refractivity (Wildman–Crippen MR) is 72.3 cm³/mol. The first-order valence-electron chi connectivity index (χ1n) is 6.68. The zero-order valence-electron chi connectivity index (χ0n) is 12.2. The Hall–Kier alpha value is -0.650. The molecule has 1 amide bonds. The van der Waals surface area contributed by atoms with E-state index in [1.54, 1.807) is 0 Å². The largest absolute Gasteiger partial charge is 0.373 e. The van der Waals surface area contributed by atoms with Crippen LogP contribution >= 0.6 is 0 Å². The molecule has 0 spiro atoms. The molecule has 0 radical (unpaired) electrons. The Labute approximate surface area is 110 Å². The number of amides is 1. The van der Waals surface area contributed by atoms with E-state index >= 15 is 0 Å². The van der Waals surface area contributed by atoms with Crippen LogP contribution in [0.25, 0.3) is 0 Å². The van der Waals surface area contributed by atoms with Crippen LogP contribution in [-0.2, 0) is 9.53 Å². The lowest BCUT2D eigenvalue weighted by Gasteiger charge is -2.40. The molecule has 3 atom stereocenters. The smallest absolute Gasteiger partial charge is 0.238 e. The summed E-state index contributed by atoms with van der Waals surface area (Å²) in [4.78, 5) is 13.9. The summed E-state index contributed by atoms with van der Waals surface area (Å²) in [5.41, 5.74) is 4.86. The monoisotopic (exact) mass is 257 g/mol. The van der Waals surface area contributed by atoms with E-state index in [0.29, 0.717) is 6.54 Å². The Balaban J connectivity index is 2.68. The van der Waals surface area contributed by atoms with Gasteiger partial charge in [0.1, 0.15) is 5.54 Å². The Bertz CT molecular complexity index is 286. The maximum Gasteiger partial charge on any atom is 0.238 e. The van der Waals surface area contributed by atoms with Gasteiger partial charge in [-0.15, -0.1) is 0 Å². The maximum absolute atomic E-state index is 11.7. The summed E-state index contributed by atoms with van der Waals surface area (Å²) in [5.74, 6) is -0.303. The van der Waals surface area contributed by atoms with Crippen LogP contribution < -0.4 is 11.1 Å². The molecule has 5 nitrogen and oxygen atoms in total. The van der Waals surface area contributed by atoms with Crippen LogP contribution in [-0.4, -0.2) is 54.2 Å². The second-order valence-corrected chi connectivity index (χ2v) is 5.95. The van der Waals surface area contributed by atoms with Gasteiger partial charge in [-0.1, -0.05) is 0 Å². The van der Waals surface area contributed by atoms with Crippen LogP contribution in [0.4, 0.5) is 0 Å². The summed E-state index contributed by atoms with van der Waals surface area (Å²) >= 11 is 0. The molecule has 18 heavy (non-hydrogen) atoms. The molecular formula is C13H27N3O2. The number of morpholine rings is 1. The van der Waals surface area contributed by atoms with Crippen LogP contribution in [0.1, 0.15) is 34.6 Å². The van der Waals surface area contributed by atoms with Crippen molar-refractivity contribution in [1.82, 2.24) is 10.2 Å². The highest BCUT2D eigenvalue weighted by atomic mass is 16.5. The Kier molecular flexibility index (Phi) is 5.13. The summed E-state index contributed by atoms with van der Waals surface area (Å²) in [6.45, 7) is 12.3. The third-order valence-corrected chi connectivity index (χ3v) is 3.19. The molecule has 0 aromatic carbocycles. The summed E-state index contributed by atoms with van der Waals surface area (Å²) in [5, 5.41) is 3.28. The summed E-state index contributed by atoms with van der Waals surface area (Å²) in [6, 6.07) is 0.221. The number of nitrogens with two attached hydrogens (primary N) is 1. The molecule has 1 fully saturated rings. The van der Waals surface area contributed by atoms with Gasteiger partial charge in [-0.05, 0) is 34.6 Å². The van der Waals surface area contributed by atoms with E-state index in [-0.39, 0.29) is 24.2 Å². The van der Waals surface area contributed by atoms with Crippen LogP contribution in [0.15, 0.2) is 0 Å². The van der Waals surface area contributed by atoms with Crippen molar-refractivity contribution in [3.8, 4) is 0 Å². The van der Waals surface area contributed by atoms with Crippen molar-refractivity contribution in [2.75, 3.05) is 19.6 Å². The van der Waals surface area contributed by atoms with Crippen LogP contribution in [0.5, 0.6) is 0 Å². The molecule has 1 aliphatic heterocycles. The number of hydrogen-bond donors (Lipinski definition) is 2. The third kappa shape index (κ3) is 4.23. The molecule has 1 heterocycles. The summed E-state index contributed by atoms with van der Waals surface area (Å²) in [7, 11) is 0. The van der Waals surface area contributed by atoms with Gasteiger partial charge in [0.25, 0.3) is 0 Å². The van der Waals surface area contributed by atoms with Gasteiger partial charge in [0.2, 0.25) is 5.91 Å². The van der Waals surface area contributed by atoms with E-state index < -0.39 is 5.54 Å². The Morgan fingerprint density at radius 2 is 1.94 bits per heavy atom. The average molecular weight is 257 g/mol. The van der Waals surface area contributed by atoms with Crippen molar-refractivity contribution in [2.24, 2.45) is 5.73 Å². The number of carbonyl (C=O) groups excluding carboxylic acids is 1. The number of ether oxygens (including phenoxy) is 1. The normalized spacial score (nSPS) is 29.2. The maximum atomic E-state index is 11.7. The lowest BCUT2D eigenvalue weighted by molar-refractivity contribution is -0.127. The third-order valence-electron chi connectivity index (χ3n) is 3.19. The van der Waals surface area contributed by atoms with Crippen LogP contribution in [0.3, 0.4) is 0 Å². The highest BCUT2D eigenvalue weighted by Crippen LogP contribution is 2.15. The standard InChI is InChI=1S/C13H27N3O2/c1-9(2)15-13(5,12(14)17)8-16-6-10(3)18-11(4)7-16/h9-11,15H,6-8H2,1-5H3,(H2,14,17). The van der Waals surface area contributed by atoms with Gasteiger partial charge < -0.3 is 15.8 Å². The second-order valence-electron chi connectivity index (χ2n) is 5.95. The molecule has 106 valence electrons. The topological polar surface area (TPSA) is 67.6 Å². The molecular weight excluding hydrogens is 230 g/mol. The van der Waals surface area contributed by atoms with E-state index in [1.165, 1.54) is 0 Å². The van der Waals surface area contributed by atoms with Crippen LogP contribution in [0.2, 0.25) is 0 Å². The highest BCUT2D eigenvalue weighted by molar-refractivity contribution is 5.84. The van der Waals surface area contributed by atoms with Crippen molar-refractivity contribution >= 4 is 5.91 Å².